The molecule has 1 aliphatic heterocycles. The summed E-state index contributed by atoms with van der Waals surface area (Å²) >= 11 is 1.16. The van der Waals surface area contributed by atoms with Crippen LogP contribution in [0.4, 0.5) is 15.8 Å². The van der Waals surface area contributed by atoms with Gasteiger partial charge in [0.05, 0.1) is 11.4 Å². The van der Waals surface area contributed by atoms with Crippen molar-refractivity contribution in [3.63, 3.8) is 0 Å². The first-order valence-corrected chi connectivity index (χ1v) is 11.3. The van der Waals surface area contributed by atoms with Gasteiger partial charge in [-0.05, 0) is 66.9 Å². The molecule has 0 saturated carbocycles. The Kier molecular flexibility index (Phi) is 6.70. The van der Waals surface area contributed by atoms with Gasteiger partial charge in [0.25, 0.3) is 5.91 Å². The quantitative estimate of drug-likeness (QED) is 0.508. The van der Waals surface area contributed by atoms with Gasteiger partial charge in [-0.25, -0.2) is 9.38 Å². The maximum absolute atomic E-state index is 13.5. The van der Waals surface area contributed by atoms with Crippen LogP contribution in [0.15, 0.2) is 83.5 Å². The van der Waals surface area contributed by atoms with Crippen molar-refractivity contribution >= 4 is 46.2 Å². The van der Waals surface area contributed by atoms with E-state index in [1.54, 1.807) is 6.08 Å². The van der Waals surface area contributed by atoms with E-state index in [9.17, 15) is 14.0 Å². The smallest absolute Gasteiger partial charge is 0.283 e. The third-order valence-electron chi connectivity index (χ3n) is 5.02. The lowest BCUT2D eigenvalue weighted by molar-refractivity contribution is -0.114. The van der Waals surface area contributed by atoms with Gasteiger partial charge in [0, 0.05) is 5.69 Å². The number of rotatable bonds is 5. The summed E-state index contributed by atoms with van der Waals surface area (Å²) < 4.78 is 13.5. The lowest BCUT2D eigenvalue weighted by atomic mass is 10.1. The number of benzene rings is 3. The van der Waals surface area contributed by atoms with Crippen molar-refractivity contribution < 1.29 is 14.0 Å². The first-order valence-electron chi connectivity index (χ1n) is 10.4. The fourth-order valence-corrected chi connectivity index (χ4v) is 4.12. The average Bonchev–Trinajstić information content (AvgIpc) is 3.11. The minimum absolute atomic E-state index is 0.0653. The third kappa shape index (κ3) is 5.38. The van der Waals surface area contributed by atoms with E-state index in [-0.39, 0.29) is 23.3 Å². The van der Waals surface area contributed by atoms with Crippen molar-refractivity contribution in [2.75, 3.05) is 16.0 Å². The van der Waals surface area contributed by atoms with Gasteiger partial charge in [0.15, 0.2) is 5.17 Å². The Bertz CT molecular complexity index is 1250. The van der Waals surface area contributed by atoms with Crippen LogP contribution in [0.25, 0.3) is 6.08 Å². The van der Waals surface area contributed by atoms with Gasteiger partial charge in [-0.2, -0.15) is 0 Å². The Morgan fingerprint density at radius 1 is 1.06 bits per heavy atom. The van der Waals surface area contributed by atoms with Crippen molar-refractivity contribution in [3.8, 4) is 0 Å². The van der Waals surface area contributed by atoms with E-state index in [2.05, 4.69) is 10.3 Å². The average molecular weight is 460 g/mol. The Morgan fingerprint density at radius 2 is 1.79 bits per heavy atom. The summed E-state index contributed by atoms with van der Waals surface area (Å²) in [5, 5.41) is 3.28. The molecule has 0 spiro atoms. The molecule has 1 aliphatic rings. The number of aliphatic imine (C=N–C) groups is 1. The molecular weight excluding hydrogens is 437 g/mol. The fourth-order valence-electron chi connectivity index (χ4n) is 3.31. The minimum Gasteiger partial charge on any atom is -0.325 e. The van der Waals surface area contributed by atoms with E-state index >= 15 is 0 Å². The summed E-state index contributed by atoms with van der Waals surface area (Å²) in [5.74, 6) is -0.869. The second kappa shape index (κ2) is 9.83. The number of thioether (sulfide) groups is 1. The number of carbonyl (C=O) groups is 2. The van der Waals surface area contributed by atoms with Crippen LogP contribution in [0, 0.1) is 19.7 Å². The van der Waals surface area contributed by atoms with Crippen LogP contribution < -0.4 is 10.2 Å². The Hall–Kier alpha value is -3.71. The van der Waals surface area contributed by atoms with Gasteiger partial charge in [0.2, 0.25) is 5.91 Å². The molecule has 1 N–H and O–H groups in total. The van der Waals surface area contributed by atoms with Crippen molar-refractivity contribution in [2.24, 2.45) is 4.99 Å². The molecule has 0 bridgehead atoms. The minimum atomic E-state index is -0.399. The monoisotopic (exact) mass is 459 g/mol. The molecule has 2 amide bonds. The van der Waals surface area contributed by atoms with E-state index in [1.165, 1.54) is 29.2 Å². The molecule has 0 aliphatic carbocycles. The highest BCUT2D eigenvalue weighted by Crippen LogP contribution is 2.30. The maximum atomic E-state index is 13.5. The van der Waals surface area contributed by atoms with Gasteiger partial charge in [-0.1, -0.05) is 54.2 Å². The zero-order valence-electron chi connectivity index (χ0n) is 18.2. The van der Waals surface area contributed by atoms with Crippen LogP contribution in [0.2, 0.25) is 0 Å². The Morgan fingerprint density at radius 3 is 2.52 bits per heavy atom. The zero-order valence-corrected chi connectivity index (χ0v) is 19.0. The van der Waals surface area contributed by atoms with Gasteiger partial charge in [-0.15, -0.1) is 0 Å². The number of halogens is 1. The lowest BCUT2D eigenvalue weighted by Crippen LogP contribution is -2.31. The van der Waals surface area contributed by atoms with E-state index in [4.69, 9.17) is 0 Å². The van der Waals surface area contributed by atoms with Crippen molar-refractivity contribution in [3.05, 3.63) is 101 Å². The van der Waals surface area contributed by atoms with Crippen LogP contribution in [-0.4, -0.2) is 22.7 Å². The Labute approximate surface area is 196 Å². The largest absolute Gasteiger partial charge is 0.325 e. The number of anilines is 2. The molecule has 7 heteroatoms. The van der Waals surface area contributed by atoms with Crippen LogP contribution in [0.1, 0.15) is 16.7 Å². The van der Waals surface area contributed by atoms with Crippen LogP contribution >= 0.6 is 11.8 Å². The summed E-state index contributed by atoms with van der Waals surface area (Å²) in [4.78, 5) is 31.7. The molecule has 0 saturated heterocycles. The number of aryl methyl sites for hydroxylation is 2. The number of carbonyl (C=O) groups excluding carboxylic acids is 2. The van der Waals surface area contributed by atoms with Crippen LogP contribution in [-0.2, 0) is 9.59 Å². The highest BCUT2D eigenvalue weighted by atomic mass is 32.2. The second-order valence-corrected chi connectivity index (χ2v) is 8.55. The fraction of sp³-hybridized carbons (Fsp3) is 0.115. The third-order valence-corrected chi connectivity index (χ3v) is 5.96. The predicted octanol–water partition coefficient (Wildman–Crippen LogP) is 5.56. The highest BCUT2D eigenvalue weighted by Gasteiger charge is 2.32. The molecular formula is C26H22FN3O2S. The lowest BCUT2D eigenvalue weighted by Gasteiger charge is -2.17. The van der Waals surface area contributed by atoms with Crippen molar-refractivity contribution in [1.29, 1.82) is 0 Å². The van der Waals surface area contributed by atoms with E-state index in [0.29, 0.717) is 10.9 Å². The Balaban J connectivity index is 1.56. The molecule has 166 valence electrons. The van der Waals surface area contributed by atoms with E-state index in [0.717, 1.165) is 34.1 Å². The molecule has 0 aromatic heterocycles. The second-order valence-electron chi connectivity index (χ2n) is 7.61. The molecule has 0 atom stereocenters. The molecule has 33 heavy (non-hydrogen) atoms. The van der Waals surface area contributed by atoms with Crippen LogP contribution in [0.3, 0.4) is 0 Å². The number of amidine groups is 1. The highest BCUT2D eigenvalue weighted by molar-refractivity contribution is 8.14. The normalized spacial score (nSPS) is 14.5. The number of nitrogens with zero attached hydrogens (tertiary/aromatic N) is 2. The van der Waals surface area contributed by atoms with E-state index in [1.807, 2.05) is 62.4 Å². The molecule has 3 aromatic carbocycles. The topological polar surface area (TPSA) is 61.8 Å². The summed E-state index contributed by atoms with van der Waals surface area (Å²) in [6, 6.07) is 20.9. The van der Waals surface area contributed by atoms with Gasteiger partial charge < -0.3 is 5.32 Å². The zero-order chi connectivity index (χ0) is 23.4. The van der Waals surface area contributed by atoms with Crippen molar-refractivity contribution in [2.45, 2.75) is 13.8 Å². The number of nitrogens with one attached hydrogen (secondary N) is 1. The van der Waals surface area contributed by atoms with Crippen LogP contribution in [0.5, 0.6) is 0 Å². The molecule has 0 unspecified atom stereocenters. The number of hydrogen-bond acceptors (Lipinski definition) is 4. The molecule has 0 fully saturated rings. The number of hydrogen-bond donors (Lipinski definition) is 1. The van der Waals surface area contributed by atoms with E-state index < -0.39 is 5.82 Å². The first kappa shape index (κ1) is 22.5. The summed E-state index contributed by atoms with van der Waals surface area (Å²) in [6.07, 6.45) is 1.70. The summed E-state index contributed by atoms with van der Waals surface area (Å²) in [7, 11) is 0. The summed E-state index contributed by atoms with van der Waals surface area (Å²) in [5.41, 5.74) is 4.34. The number of amides is 2. The SMILES string of the molecule is Cc1ccc(C)c(NC(=O)CSC2=N/C(=C/c3ccccc3)C(=O)N2c2ccc(F)cc2)c1. The van der Waals surface area contributed by atoms with Gasteiger partial charge in [-0.3, -0.25) is 14.5 Å². The summed E-state index contributed by atoms with van der Waals surface area (Å²) in [6.45, 7) is 3.89. The molecule has 1 heterocycles. The standard InChI is InChI=1S/C26H22FN3O2S/c1-17-8-9-18(2)22(14-17)28-24(31)16-33-26-29-23(15-19-6-4-3-5-7-19)25(32)30(26)21-12-10-20(27)11-13-21/h3-15H,16H2,1-2H3,(H,28,31)/b23-15+. The van der Waals surface area contributed by atoms with Crippen molar-refractivity contribution in [1.82, 2.24) is 0 Å². The maximum Gasteiger partial charge on any atom is 0.283 e. The first-order chi connectivity index (χ1) is 15.9. The molecule has 4 rings (SSSR count). The van der Waals surface area contributed by atoms with Gasteiger partial charge in [0.1, 0.15) is 11.5 Å². The molecule has 3 aromatic rings. The predicted molar refractivity (Wildman–Crippen MR) is 133 cm³/mol. The molecule has 0 radical (unpaired) electrons. The molecule has 5 nitrogen and oxygen atoms in total. The van der Waals surface area contributed by atoms with Gasteiger partial charge >= 0.3 is 0 Å².